The van der Waals surface area contributed by atoms with E-state index in [9.17, 15) is 4.79 Å². The second-order valence-corrected chi connectivity index (χ2v) is 6.35. The fourth-order valence-corrected chi connectivity index (χ4v) is 2.57. The van der Waals surface area contributed by atoms with Crippen molar-refractivity contribution in [3.8, 4) is 0 Å². The van der Waals surface area contributed by atoms with Crippen molar-refractivity contribution < 1.29 is 4.79 Å². The van der Waals surface area contributed by atoms with Crippen molar-refractivity contribution in [1.29, 1.82) is 0 Å². The molecule has 0 bridgehead atoms. The molecule has 0 aliphatic carbocycles. The fraction of sp³-hybridized carbons (Fsp3) is 0.429. The van der Waals surface area contributed by atoms with Crippen LogP contribution in [0.15, 0.2) is 29.3 Å². The number of nitrogens with one attached hydrogen (secondary N) is 1. The van der Waals surface area contributed by atoms with Gasteiger partial charge >= 0.3 is 0 Å². The highest BCUT2D eigenvalue weighted by atomic mass is 127. The lowest BCUT2D eigenvalue weighted by atomic mass is 10.1. The van der Waals surface area contributed by atoms with Gasteiger partial charge in [-0.25, -0.2) is 0 Å². The molecular formula is C14H19IN4O. The summed E-state index contributed by atoms with van der Waals surface area (Å²) in [5.41, 5.74) is 6.95. The van der Waals surface area contributed by atoms with Crippen molar-refractivity contribution in [2.24, 2.45) is 10.7 Å². The lowest BCUT2D eigenvalue weighted by Crippen LogP contribution is -2.39. The number of benzene rings is 1. The average Bonchev–Trinajstić information content (AvgIpc) is 2.86. The summed E-state index contributed by atoms with van der Waals surface area (Å²) in [6.07, 6.45) is 0.697. The van der Waals surface area contributed by atoms with Gasteiger partial charge < -0.3 is 16.0 Å². The van der Waals surface area contributed by atoms with Crippen LogP contribution >= 0.6 is 22.6 Å². The van der Waals surface area contributed by atoms with Crippen molar-refractivity contribution in [2.75, 3.05) is 20.6 Å². The van der Waals surface area contributed by atoms with Crippen molar-refractivity contribution in [3.05, 3.63) is 33.4 Å². The highest BCUT2D eigenvalue weighted by Gasteiger charge is 2.30. The molecule has 1 aromatic rings. The van der Waals surface area contributed by atoms with E-state index in [0.29, 0.717) is 18.8 Å². The molecule has 1 fully saturated rings. The first-order chi connectivity index (χ1) is 9.47. The summed E-state index contributed by atoms with van der Waals surface area (Å²) >= 11 is 2.25. The maximum atomic E-state index is 11.9. The number of likely N-dealkylation sites (N-methyl/N-ethyl adjacent to an activating group) is 1. The molecule has 0 spiro atoms. The minimum Gasteiger partial charge on any atom is -0.383 e. The lowest BCUT2D eigenvalue weighted by Gasteiger charge is -2.15. The van der Waals surface area contributed by atoms with Crippen LogP contribution in [-0.4, -0.2) is 49.4 Å². The number of hydrogen-bond donors (Lipinski definition) is 2. The number of amidine groups is 1. The number of halogens is 1. The zero-order chi connectivity index (χ0) is 14.7. The van der Waals surface area contributed by atoms with E-state index in [1.165, 1.54) is 3.57 Å². The highest BCUT2D eigenvalue weighted by molar-refractivity contribution is 14.1. The van der Waals surface area contributed by atoms with Crippen LogP contribution in [-0.2, 0) is 4.79 Å². The largest absolute Gasteiger partial charge is 0.383 e. The number of nitrogens with two attached hydrogens (primary N) is 1. The highest BCUT2D eigenvalue weighted by Crippen LogP contribution is 2.13. The molecule has 1 aromatic carbocycles. The number of aliphatic imine (C=N–C) groups is 1. The predicted molar refractivity (Wildman–Crippen MR) is 88.8 cm³/mol. The zero-order valence-electron chi connectivity index (χ0n) is 11.6. The first-order valence-electron chi connectivity index (χ1n) is 6.51. The van der Waals surface area contributed by atoms with Crippen LogP contribution < -0.4 is 11.1 Å². The smallest absolute Gasteiger partial charge is 0.239 e. The van der Waals surface area contributed by atoms with Crippen molar-refractivity contribution >= 4 is 34.3 Å². The van der Waals surface area contributed by atoms with E-state index in [1.807, 2.05) is 24.3 Å². The van der Waals surface area contributed by atoms with E-state index in [-0.39, 0.29) is 18.0 Å². The third kappa shape index (κ3) is 3.69. The summed E-state index contributed by atoms with van der Waals surface area (Å²) in [7, 11) is 3.53. The molecule has 0 radical (unpaired) electrons. The van der Waals surface area contributed by atoms with E-state index < -0.39 is 0 Å². The van der Waals surface area contributed by atoms with Gasteiger partial charge in [0.1, 0.15) is 5.84 Å². The molecule has 1 aliphatic rings. The molecule has 0 aromatic heterocycles. The number of carbonyl (C=O) groups excluding carboxylic acids is 1. The second-order valence-electron chi connectivity index (χ2n) is 5.10. The number of carbonyl (C=O) groups is 1. The maximum absolute atomic E-state index is 11.9. The van der Waals surface area contributed by atoms with Gasteiger partial charge in [0.2, 0.25) is 5.91 Å². The molecule has 2 unspecified atom stereocenters. The molecule has 1 amide bonds. The zero-order valence-corrected chi connectivity index (χ0v) is 13.8. The van der Waals surface area contributed by atoms with Gasteiger partial charge in [-0.2, -0.15) is 0 Å². The Labute approximate surface area is 132 Å². The van der Waals surface area contributed by atoms with Crippen molar-refractivity contribution in [1.82, 2.24) is 10.2 Å². The Balaban J connectivity index is 2.01. The third-order valence-electron chi connectivity index (χ3n) is 3.31. The van der Waals surface area contributed by atoms with Crippen LogP contribution in [0.5, 0.6) is 0 Å². The molecule has 6 heteroatoms. The minimum absolute atomic E-state index is 0.0585. The van der Waals surface area contributed by atoms with Gasteiger partial charge in [0.25, 0.3) is 0 Å². The second kappa shape index (κ2) is 6.53. The molecule has 0 saturated carbocycles. The third-order valence-corrected chi connectivity index (χ3v) is 4.03. The summed E-state index contributed by atoms with van der Waals surface area (Å²) in [5, 5.41) is 3.20. The minimum atomic E-state index is -0.150. The molecule has 20 heavy (non-hydrogen) atoms. The topological polar surface area (TPSA) is 70.7 Å². The Morgan fingerprint density at radius 2 is 2.05 bits per heavy atom. The van der Waals surface area contributed by atoms with E-state index in [4.69, 9.17) is 5.73 Å². The summed E-state index contributed by atoms with van der Waals surface area (Å²) < 4.78 is 1.17. The average molecular weight is 386 g/mol. The van der Waals surface area contributed by atoms with E-state index >= 15 is 0 Å². The fourth-order valence-electron chi connectivity index (χ4n) is 2.21. The monoisotopic (exact) mass is 386 g/mol. The number of hydrogen-bond acceptors (Lipinski definition) is 3. The van der Waals surface area contributed by atoms with Crippen LogP contribution in [0.3, 0.4) is 0 Å². The van der Waals surface area contributed by atoms with Crippen LogP contribution in [0.2, 0.25) is 0 Å². The molecule has 1 heterocycles. The van der Waals surface area contributed by atoms with E-state index in [2.05, 4.69) is 32.9 Å². The standard InChI is InChI=1S/C14H19IN4O/c1-19(2)14(20)12-7-11(8-17-12)18-13(16)9-3-5-10(15)6-4-9/h3-6,11-12,17H,7-8H2,1-2H3,(H2,16,18). The van der Waals surface area contributed by atoms with Crippen molar-refractivity contribution in [3.63, 3.8) is 0 Å². The first-order valence-corrected chi connectivity index (χ1v) is 7.59. The normalized spacial score (nSPS) is 22.9. The van der Waals surface area contributed by atoms with Gasteiger partial charge in [-0.15, -0.1) is 0 Å². The molecule has 2 rings (SSSR count). The van der Waals surface area contributed by atoms with Gasteiger partial charge in [-0.05, 0) is 41.1 Å². The molecule has 108 valence electrons. The summed E-state index contributed by atoms with van der Waals surface area (Å²) in [4.78, 5) is 18.0. The molecular weight excluding hydrogens is 367 g/mol. The Kier molecular flexibility index (Phi) is 4.98. The first kappa shape index (κ1) is 15.2. The van der Waals surface area contributed by atoms with E-state index in [1.54, 1.807) is 19.0 Å². The summed E-state index contributed by atoms with van der Waals surface area (Å²) in [6, 6.07) is 7.84. The SMILES string of the molecule is CN(C)C(=O)C1CC(N=C(N)c2ccc(I)cc2)CN1. The van der Waals surface area contributed by atoms with Crippen LogP contribution in [0.4, 0.5) is 0 Å². The van der Waals surface area contributed by atoms with Gasteiger partial charge in [0, 0.05) is 29.8 Å². The summed E-state index contributed by atoms with van der Waals surface area (Å²) in [5.74, 6) is 0.627. The van der Waals surface area contributed by atoms with Crippen LogP contribution in [0.25, 0.3) is 0 Å². The Morgan fingerprint density at radius 1 is 1.40 bits per heavy atom. The quantitative estimate of drug-likeness (QED) is 0.459. The van der Waals surface area contributed by atoms with Gasteiger partial charge in [-0.3, -0.25) is 9.79 Å². The molecule has 1 aliphatic heterocycles. The Morgan fingerprint density at radius 3 is 2.65 bits per heavy atom. The van der Waals surface area contributed by atoms with Crippen LogP contribution in [0, 0.1) is 3.57 Å². The van der Waals surface area contributed by atoms with Gasteiger partial charge in [0.15, 0.2) is 0 Å². The molecule has 2 atom stereocenters. The van der Waals surface area contributed by atoms with Crippen LogP contribution in [0.1, 0.15) is 12.0 Å². The predicted octanol–water partition coefficient (Wildman–Crippen LogP) is 0.815. The molecule has 5 nitrogen and oxygen atoms in total. The number of rotatable bonds is 3. The molecule has 1 saturated heterocycles. The van der Waals surface area contributed by atoms with Gasteiger partial charge in [0.05, 0.1) is 12.1 Å². The molecule has 3 N–H and O–H groups in total. The summed E-state index contributed by atoms with van der Waals surface area (Å²) in [6.45, 7) is 0.690. The van der Waals surface area contributed by atoms with Crippen molar-refractivity contribution in [2.45, 2.75) is 18.5 Å². The maximum Gasteiger partial charge on any atom is 0.239 e. The number of nitrogens with zero attached hydrogens (tertiary/aromatic N) is 2. The lowest BCUT2D eigenvalue weighted by molar-refractivity contribution is -0.130. The van der Waals surface area contributed by atoms with Gasteiger partial charge in [-0.1, -0.05) is 12.1 Å². The number of amides is 1. The Hall–Kier alpha value is -1.15. The Bertz CT molecular complexity index is 512. The van der Waals surface area contributed by atoms with E-state index in [0.717, 1.165) is 5.56 Å².